The molecule has 0 unspecified atom stereocenters. The minimum absolute atomic E-state index is 0.125. The van der Waals surface area contributed by atoms with E-state index in [2.05, 4.69) is 33.3 Å². The Morgan fingerprint density at radius 3 is 1.18 bits per heavy atom. The molecule has 0 aliphatic rings. The standard InChI is InChI=1S/C26H40N2O12/c1-3-21(29)39-19-23(31)35-15-9-11-17-37-25(33)27-13-7-5-6-8-14-28-26(34)38-18-12-10-16-36-24(32)20-40-22(30)4-2/h3-4H,1-2,5-20H2,(H,27,33)(H,28,34). The van der Waals surface area contributed by atoms with Crippen LogP contribution in [0.15, 0.2) is 25.3 Å². The van der Waals surface area contributed by atoms with Gasteiger partial charge in [-0.15, -0.1) is 0 Å². The van der Waals surface area contributed by atoms with Crippen LogP contribution in [0.25, 0.3) is 0 Å². The van der Waals surface area contributed by atoms with Crippen LogP contribution in [0.5, 0.6) is 0 Å². The Hall–Kier alpha value is -4.10. The molecule has 14 heteroatoms. The fourth-order valence-corrected chi connectivity index (χ4v) is 2.66. The average Bonchev–Trinajstić information content (AvgIpc) is 2.95. The molecule has 0 radical (unpaired) electrons. The third kappa shape index (κ3) is 24.2. The number of hydrogen-bond acceptors (Lipinski definition) is 12. The Kier molecular flexibility index (Phi) is 22.6. The minimum Gasteiger partial charge on any atom is -0.463 e. The smallest absolute Gasteiger partial charge is 0.407 e. The lowest BCUT2D eigenvalue weighted by molar-refractivity contribution is -0.156. The van der Waals surface area contributed by atoms with Crippen molar-refractivity contribution >= 4 is 36.1 Å². The van der Waals surface area contributed by atoms with Crippen molar-refractivity contribution in [2.24, 2.45) is 0 Å². The number of alkyl carbamates (subject to hydrolysis) is 2. The summed E-state index contributed by atoms with van der Waals surface area (Å²) in [6.45, 7) is 7.00. The van der Waals surface area contributed by atoms with Crippen molar-refractivity contribution in [3.63, 3.8) is 0 Å². The summed E-state index contributed by atoms with van der Waals surface area (Å²) in [4.78, 5) is 67.5. The zero-order valence-corrected chi connectivity index (χ0v) is 22.8. The van der Waals surface area contributed by atoms with Crippen LogP contribution in [0.1, 0.15) is 51.4 Å². The summed E-state index contributed by atoms with van der Waals surface area (Å²) in [5.74, 6) is -2.74. The second-order valence-corrected chi connectivity index (χ2v) is 8.02. The van der Waals surface area contributed by atoms with Crippen LogP contribution in [0, 0.1) is 0 Å². The second kappa shape index (κ2) is 25.2. The number of nitrogens with one attached hydrogen (secondary N) is 2. The van der Waals surface area contributed by atoms with E-state index in [1.807, 2.05) is 0 Å². The van der Waals surface area contributed by atoms with E-state index in [1.54, 1.807) is 0 Å². The first-order valence-electron chi connectivity index (χ1n) is 13.0. The van der Waals surface area contributed by atoms with E-state index in [0.29, 0.717) is 38.8 Å². The highest BCUT2D eigenvalue weighted by atomic mass is 16.6. The topological polar surface area (TPSA) is 182 Å². The van der Waals surface area contributed by atoms with E-state index in [1.165, 1.54) is 0 Å². The fourth-order valence-electron chi connectivity index (χ4n) is 2.66. The second-order valence-electron chi connectivity index (χ2n) is 8.02. The van der Waals surface area contributed by atoms with Gasteiger partial charge in [-0.1, -0.05) is 26.0 Å². The van der Waals surface area contributed by atoms with Crippen LogP contribution >= 0.6 is 0 Å². The molecule has 0 fully saturated rings. The summed E-state index contributed by atoms with van der Waals surface area (Å²) >= 11 is 0. The maximum atomic E-state index is 11.6. The number of unbranched alkanes of at least 4 members (excludes halogenated alkanes) is 5. The Bertz CT molecular complexity index is 750. The molecule has 0 bridgehead atoms. The molecular weight excluding hydrogens is 532 g/mol. The van der Waals surface area contributed by atoms with E-state index in [9.17, 15) is 28.8 Å². The molecule has 0 saturated heterocycles. The van der Waals surface area contributed by atoms with Crippen LogP contribution in [0.2, 0.25) is 0 Å². The summed E-state index contributed by atoms with van der Waals surface area (Å²) in [7, 11) is 0. The monoisotopic (exact) mass is 572 g/mol. The van der Waals surface area contributed by atoms with Gasteiger partial charge in [0.15, 0.2) is 13.2 Å². The van der Waals surface area contributed by atoms with Gasteiger partial charge in [-0.05, 0) is 38.5 Å². The van der Waals surface area contributed by atoms with E-state index in [-0.39, 0.29) is 26.4 Å². The molecule has 0 rings (SSSR count). The highest BCUT2D eigenvalue weighted by Crippen LogP contribution is 1.99. The van der Waals surface area contributed by atoms with Gasteiger partial charge in [-0.3, -0.25) is 0 Å². The molecule has 0 aromatic heterocycles. The van der Waals surface area contributed by atoms with Gasteiger partial charge >= 0.3 is 36.1 Å². The van der Waals surface area contributed by atoms with Gasteiger partial charge in [-0.2, -0.15) is 0 Å². The Morgan fingerprint density at radius 1 is 0.475 bits per heavy atom. The summed E-state index contributed by atoms with van der Waals surface area (Å²) < 4.78 is 28.8. The molecule has 14 nitrogen and oxygen atoms in total. The van der Waals surface area contributed by atoms with Gasteiger partial charge in [0, 0.05) is 25.2 Å². The first-order valence-corrected chi connectivity index (χ1v) is 13.0. The molecule has 0 heterocycles. The molecule has 0 saturated carbocycles. The fraction of sp³-hybridized carbons (Fsp3) is 0.615. The van der Waals surface area contributed by atoms with Gasteiger partial charge in [0.2, 0.25) is 0 Å². The number of amides is 2. The summed E-state index contributed by atoms with van der Waals surface area (Å²) in [6.07, 6.45) is 6.08. The number of carbonyl (C=O) groups excluding carboxylic acids is 6. The van der Waals surface area contributed by atoms with Gasteiger partial charge in [0.25, 0.3) is 0 Å². The quantitative estimate of drug-likeness (QED) is 0.0788. The lowest BCUT2D eigenvalue weighted by Gasteiger charge is -2.08. The highest BCUT2D eigenvalue weighted by molar-refractivity contribution is 5.84. The lowest BCUT2D eigenvalue weighted by atomic mass is 10.2. The van der Waals surface area contributed by atoms with Crippen LogP contribution < -0.4 is 10.6 Å². The van der Waals surface area contributed by atoms with Gasteiger partial charge in [0.05, 0.1) is 26.4 Å². The summed E-state index contributed by atoms with van der Waals surface area (Å²) in [6, 6.07) is 0. The number of esters is 4. The van der Waals surface area contributed by atoms with Crippen molar-refractivity contribution in [2.45, 2.75) is 51.4 Å². The van der Waals surface area contributed by atoms with Crippen molar-refractivity contribution in [1.29, 1.82) is 0 Å². The molecular formula is C26H40N2O12. The van der Waals surface area contributed by atoms with Crippen LogP contribution in [-0.4, -0.2) is 88.8 Å². The molecule has 40 heavy (non-hydrogen) atoms. The predicted molar refractivity (Wildman–Crippen MR) is 140 cm³/mol. The molecule has 0 atom stereocenters. The Balaban J connectivity index is 3.44. The zero-order chi connectivity index (χ0) is 29.8. The largest absolute Gasteiger partial charge is 0.463 e. The highest BCUT2D eigenvalue weighted by Gasteiger charge is 2.07. The molecule has 2 amide bonds. The van der Waals surface area contributed by atoms with Gasteiger partial charge in [0.1, 0.15) is 0 Å². The zero-order valence-electron chi connectivity index (χ0n) is 22.8. The third-order valence-electron chi connectivity index (χ3n) is 4.71. The SMILES string of the molecule is C=CC(=O)OCC(=O)OCCCCOC(=O)NCCCCCCNC(=O)OCCCCOC(=O)COC(=O)C=C. The summed E-state index contributed by atoms with van der Waals surface area (Å²) in [5.41, 5.74) is 0. The Morgan fingerprint density at radius 2 is 0.825 bits per heavy atom. The average molecular weight is 573 g/mol. The number of rotatable bonds is 23. The molecule has 2 N–H and O–H groups in total. The Labute approximate surface area is 233 Å². The number of hydrogen-bond donors (Lipinski definition) is 2. The van der Waals surface area contributed by atoms with Crippen LogP contribution in [-0.2, 0) is 47.6 Å². The van der Waals surface area contributed by atoms with Crippen LogP contribution in [0.3, 0.4) is 0 Å². The maximum absolute atomic E-state index is 11.6. The van der Waals surface area contributed by atoms with Crippen molar-refractivity contribution in [3.05, 3.63) is 25.3 Å². The van der Waals surface area contributed by atoms with Crippen molar-refractivity contribution in [1.82, 2.24) is 10.6 Å². The van der Waals surface area contributed by atoms with E-state index in [4.69, 9.17) is 18.9 Å². The lowest BCUT2D eigenvalue weighted by Crippen LogP contribution is -2.26. The minimum atomic E-state index is -0.705. The first kappa shape index (κ1) is 35.9. The molecule has 0 aromatic rings. The molecule has 0 aliphatic heterocycles. The third-order valence-corrected chi connectivity index (χ3v) is 4.71. The van der Waals surface area contributed by atoms with Crippen molar-refractivity contribution in [2.75, 3.05) is 52.7 Å². The first-order chi connectivity index (χ1) is 19.3. The van der Waals surface area contributed by atoms with Gasteiger partial charge in [-0.25, -0.2) is 28.8 Å². The summed E-state index contributed by atoms with van der Waals surface area (Å²) in [5, 5.41) is 5.29. The van der Waals surface area contributed by atoms with Crippen molar-refractivity contribution < 1.29 is 57.2 Å². The number of ether oxygens (including phenoxy) is 6. The maximum Gasteiger partial charge on any atom is 0.407 e. The molecule has 226 valence electrons. The van der Waals surface area contributed by atoms with E-state index < -0.39 is 49.3 Å². The number of carbonyl (C=O) groups is 6. The molecule has 0 aromatic carbocycles. The van der Waals surface area contributed by atoms with Crippen molar-refractivity contribution in [3.8, 4) is 0 Å². The predicted octanol–water partition coefficient (Wildman–Crippen LogP) is 2.10. The molecule has 0 aliphatic carbocycles. The van der Waals surface area contributed by atoms with Crippen LogP contribution in [0.4, 0.5) is 9.59 Å². The van der Waals surface area contributed by atoms with E-state index >= 15 is 0 Å². The van der Waals surface area contributed by atoms with Gasteiger partial charge < -0.3 is 39.1 Å². The molecule has 0 spiro atoms. The van der Waals surface area contributed by atoms with E-state index in [0.717, 1.165) is 37.8 Å². The normalized spacial score (nSPS) is 9.90.